The van der Waals surface area contributed by atoms with Crippen molar-refractivity contribution in [2.45, 2.75) is 44.4 Å². The number of rotatable bonds is 4. The van der Waals surface area contributed by atoms with Crippen molar-refractivity contribution in [2.24, 2.45) is 5.92 Å². The average molecular weight is 413 g/mol. The second-order valence-corrected chi connectivity index (χ2v) is 8.68. The Morgan fingerprint density at radius 1 is 0.871 bits per heavy atom. The first kappa shape index (κ1) is 19.9. The lowest BCUT2D eigenvalue weighted by Gasteiger charge is -2.34. The van der Waals surface area contributed by atoms with Gasteiger partial charge in [-0.15, -0.1) is 0 Å². The zero-order valence-electron chi connectivity index (χ0n) is 17.8. The average Bonchev–Trinajstić information content (AvgIpc) is 3.40. The quantitative estimate of drug-likeness (QED) is 0.598. The van der Waals surface area contributed by atoms with Gasteiger partial charge >= 0.3 is 0 Å². The normalized spacial score (nSPS) is 17.7. The lowest BCUT2D eigenvalue weighted by atomic mass is 9.88. The SMILES string of the molecule is O=C(C1CCCC1)N1CCC(c2nc(-c3ccccc3)ncc2-c2ccncc2)CC1. The maximum absolute atomic E-state index is 12.9. The van der Waals surface area contributed by atoms with Crippen LogP contribution in [0.15, 0.2) is 61.1 Å². The van der Waals surface area contributed by atoms with E-state index in [4.69, 9.17) is 4.98 Å². The molecule has 158 valence electrons. The summed E-state index contributed by atoms with van der Waals surface area (Å²) in [6, 6.07) is 14.2. The molecule has 31 heavy (non-hydrogen) atoms. The number of carbonyl (C=O) groups is 1. The molecule has 1 amide bonds. The highest BCUT2D eigenvalue weighted by atomic mass is 16.2. The van der Waals surface area contributed by atoms with Crippen molar-refractivity contribution in [1.82, 2.24) is 19.9 Å². The number of pyridine rings is 1. The molecule has 3 aromatic rings. The Balaban J connectivity index is 1.42. The molecule has 0 spiro atoms. The van der Waals surface area contributed by atoms with E-state index in [0.717, 1.165) is 67.0 Å². The van der Waals surface area contributed by atoms with Crippen LogP contribution in [0.2, 0.25) is 0 Å². The van der Waals surface area contributed by atoms with Gasteiger partial charge in [0.25, 0.3) is 0 Å². The van der Waals surface area contributed by atoms with Crippen molar-refractivity contribution in [3.05, 3.63) is 66.7 Å². The van der Waals surface area contributed by atoms with E-state index in [1.54, 1.807) is 0 Å². The summed E-state index contributed by atoms with van der Waals surface area (Å²) in [6.45, 7) is 1.64. The monoisotopic (exact) mass is 412 g/mol. The number of carbonyl (C=O) groups excluding carboxylic acids is 1. The Bertz CT molecular complexity index is 1020. The number of hydrogen-bond acceptors (Lipinski definition) is 4. The maximum atomic E-state index is 12.9. The van der Waals surface area contributed by atoms with E-state index in [1.165, 1.54) is 12.8 Å². The highest BCUT2D eigenvalue weighted by molar-refractivity contribution is 5.79. The number of likely N-dealkylation sites (tertiary alicyclic amines) is 1. The Morgan fingerprint density at radius 2 is 1.58 bits per heavy atom. The fraction of sp³-hybridized carbons (Fsp3) is 0.385. The van der Waals surface area contributed by atoms with Crippen LogP contribution in [0.1, 0.15) is 50.1 Å². The van der Waals surface area contributed by atoms with Crippen LogP contribution in [0.3, 0.4) is 0 Å². The molecule has 1 saturated carbocycles. The Morgan fingerprint density at radius 3 is 2.29 bits per heavy atom. The second-order valence-electron chi connectivity index (χ2n) is 8.68. The van der Waals surface area contributed by atoms with Crippen LogP contribution >= 0.6 is 0 Å². The third kappa shape index (κ3) is 4.22. The van der Waals surface area contributed by atoms with Gasteiger partial charge in [-0.05, 0) is 43.4 Å². The van der Waals surface area contributed by atoms with Gasteiger partial charge < -0.3 is 4.90 Å². The highest BCUT2D eigenvalue weighted by Gasteiger charge is 2.31. The molecule has 1 saturated heterocycles. The van der Waals surface area contributed by atoms with E-state index in [0.29, 0.717) is 11.8 Å². The highest BCUT2D eigenvalue weighted by Crippen LogP contribution is 2.36. The second kappa shape index (κ2) is 8.96. The van der Waals surface area contributed by atoms with Crippen molar-refractivity contribution in [3.8, 4) is 22.5 Å². The summed E-state index contributed by atoms with van der Waals surface area (Å²) in [4.78, 5) is 28.9. The van der Waals surface area contributed by atoms with E-state index < -0.39 is 0 Å². The van der Waals surface area contributed by atoms with Crippen LogP contribution in [0, 0.1) is 5.92 Å². The van der Waals surface area contributed by atoms with Crippen molar-refractivity contribution in [3.63, 3.8) is 0 Å². The Hall–Kier alpha value is -3.08. The molecule has 0 unspecified atom stereocenters. The zero-order valence-corrected chi connectivity index (χ0v) is 17.8. The van der Waals surface area contributed by atoms with Crippen molar-refractivity contribution >= 4 is 5.91 Å². The maximum Gasteiger partial charge on any atom is 0.225 e. The Labute approximate surface area is 183 Å². The summed E-state index contributed by atoms with van der Waals surface area (Å²) in [6.07, 6.45) is 12.0. The van der Waals surface area contributed by atoms with Crippen LogP contribution in [0.5, 0.6) is 0 Å². The van der Waals surface area contributed by atoms with Crippen LogP contribution in [-0.4, -0.2) is 38.8 Å². The molecule has 2 aromatic heterocycles. The fourth-order valence-electron chi connectivity index (χ4n) is 4.99. The van der Waals surface area contributed by atoms with Crippen LogP contribution in [-0.2, 0) is 4.79 Å². The van der Waals surface area contributed by atoms with Crippen molar-refractivity contribution in [1.29, 1.82) is 0 Å². The third-order valence-corrected chi connectivity index (χ3v) is 6.74. The summed E-state index contributed by atoms with van der Waals surface area (Å²) in [5, 5.41) is 0. The number of aromatic nitrogens is 3. The fourth-order valence-corrected chi connectivity index (χ4v) is 4.99. The summed E-state index contributed by atoms with van der Waals surface area (Å²) in [5.41, 5.74) is 4.28. The van der Waals surface area contributed by atoms with Gasteiger partial charge in [0.1, 0.15) is 0 Å². The molecule has 2 aliphatic rings. The number of piperidine rings is 1. The third-order valence-electron chi connectivity index (χ3n) is 6.74. The van der Waals surface area contributed by atoms with Crippen molar-refractivity contribution < 1.29 is 4.79 Å². The predicted molar refractivity (Wildman–Crippen MR) is 121 cm³/mol. The van der Waals surface area contributed by atoms with Gasteiger partial charge in [-0.25, -0.2) is 9.97 Å². The molecule has 1 aliphatic heterocycles. The van der Waals surface area contributed by atoms with Gasteiger partial charge in [0.05, 0.1) is 5.69 Å². The number of nitrogens with zero attached hydrogens (tertiary/aromatic N) is 4. The van der Waals surface area contributed by atoms with E-state index in [2.05, 4.69) is 14.9 Å². The molecular formula is C26H28N4O. The van der Waals surface area contributed by atoms with E-state index in [9.17, 15) is 4.79 Å². The first-order chi connectivity index (χ1) is 15.3. The summed E-state index contributed by atoms with van der Waals surface area (Å²) in [7, 11) is 0. The zero-order chi connectivity index (χ0) is 21.0. The summed E-state index contributed by atoms with van der Waals surface area (Å²) >= 11 is 0. The molecule has 5 heteroatoms. The molecule has 0 atom stereocenters. The molecule has 0 bridgehead atoms. The van der Waals surface area contributed by atoms with Crippen molar-refractivity contribution in [2.75, 3.05) is 13.1 Å². The standard InChI is InChI=1S/C26H28N4O/c31-26(22-8-4-5-9-22)30-16-12-20(13-17-30)24-23(19-10-14-27-15-11-19)18-28-25(29-24)21-6-2-1-3-7-21/h1-3,6-7,10-11,14-15,18,20,22H,4-5,8-9,12-13,16-17H2. The van der Waals surface area contributed by atoms with Crippen LogP contribution < -0.4 is 0 Å². The number of amides is 1. The molecule has 0 radical (unpaired) electrons. The molecule has 1 aliphatic carbocycles. The lowest BCUT2D eigenvalue weighted by molar-refractivity contribution is -0.136. The smallest absolute Gasteiger partial charge is 0.225 e. The number of hydrogen-bond donors (Lipinski definition) is 0. The minimum Gasteiger partial charge on any atom is -0.342 e. The van der Waals surface area contributed by atoms with E-state index in [1.807, 2.05) is 61.1 Å². The predicted octanol–water partition coefficient (Wildman–Crippen LogP) is 5.10. The summed E-state index contributed by atoms with van der Waals surface area (Å²) in [5.74, 6) is 1.71. The molecule has 3 heterocycles. The largest absolute Gasteiger partial charge is 0.342 e. The Kier molecular flexibility index (Phi) is 5.74. The van der Waals surface area contributed by atoms with E-state index >= 15 is 0 Å². The molecule has 0 N–H and O–H groups in total. The molecule has 5 rings (SSSR count). The molecule has 5 nitrogen and oxygen atoms in total. The van der Waals surface area contributed by atoms with Gasteiger partial charge in [-0.1, -0.05) is 43.2 Å². The van der Waals surface area contributed by atoms with Gasteiger partial charge in [0, 0.05) is 54.6 Å². The minimum atomic E-state index is 0.257. The molecular weight excluding hydrogens is 384 g/mol. The van der Waals surface area contributed by atoms with Gasteiger partial charge in [-0.2, -0.15) is 0 Å². The van der Waals surface area contributed by atoms with E-state index in [-0.39, 0.29) is 5.92 Å². The topological polar surface area (TPSA) is 59.0 Å². The van der Waals surface area contributed by atoms with Crippen LogP contribution in [0.4, 0.5) is 0 Å². The molecule has 2 fully saturated rings. The summed E-state index contributed by atoms with van der Waals surface area (Å²) < 4.78 is 0. The first-order valence-electron chi connectivity index (χ1n) is 11.4. The molecule has 1 aromatic carbocycles. The lowest BCUT2D eigenvalue weighted by Crippen LogP contribution is -2.41. The van der Waals surface area contributed by atoms with Crippen LogP contribution in [0.25, 0.3) is 22.5 Å². The van der Waals surface area contributed by atoms with Gasteiger partial charge in [-0.3, -0.25) is 9.78 Å². The van der Waals surface area contributed by atoms with Gasteiger partial charge in [0.15, 0.2) is 5.82 Å². The first-order valence-corrected chi connectivity index (χ1v) is 11.4. The minimum absolute atomic E-state index is 0.257. The van der Waals surface area contributed by atoms with Gasteiger partial charge in [0.2, 0.25) is 5.91 Å². The number of benzene rings is 1.